The van der Waals surface area contributed by atoms with Crippen molar-refractivity contribution in [3.63, 3.8) is 0 Å². The molecule has 0 aliphatic carbocycles. The molecule has 0 saturated carbocycles. The van der Waals surface area contributed by atoms with E-state index >= 15 is 0 Å². The Morgan fingerprint density at radius 3 is 2.54 bits per heavy atom. The maximum absolute atomic E-state index is 12.5. The first-order valence-electron chi connectivity index (χ1n) is 7.20. The highest BCUT2D eigenvalue weighted by molar-refractivity contribution is 5.94. The zero-order valence-electron chi connectivity index (χ0n) is 13.4. The van der Waals surface area contributed by atoms with Crippen LogP contribution in [0.3, 0.4) is 0 Å². The third-order valence-corrected chi connectivity index (χ3v) is 3.54. The summed E-state index contributed by atoms with van der Waals surface area (Å²) in [5.41, 5.74) is 0.265. The van der Waals surface area contributed by atoms with Crippen LogP contribution >= 0.6 is 0 Å². The van der Waals surface area contributed by atoms with Gasteiger partial charge in [-0.25, -0.2) is 19.2 Å². The van der Waals surface area contributed by atoms with Crippen LogP contribution in [0.2, 0.25) is 0 Å². The fourth-order valence-electron chi connectivity index (χ4n) is 2.40. The first-order valence-corrected chi connectivity index (χ1v) is 7.20. The number of fused-ring (bicyclic) bond motifs is 3. The number of aromatic nitrogens is 3. The number of carbonyl (C=O) groups excluding carboxylic acids is 1. The second-order valence-corrected chi connectivity index (χ2v) is 4.86. The summed E-state index contributed by atoms with van der Waals surface area (Å²) in [7, 11) is 3.04. The Bertz CT molecular complexity index is 996. The fourth-order valence-corrected chi connectivity index (χ4v) is 2.40. The van der Waals surface area contributed by atoms with E-state index in [2.05, 4.69) is 9.97 Å². The summed E-state index contributed by atoms with van der Waals surface area (Å²) in [4.78, 5) is 32.8. The van der Waals surface area contributed by atoms with Gasteiger partial charge in [0.05, 0.1) is 26.3 Å². The molecule has 2 aromatic heterocycles. The molecule has 3 aromatic rings. The van der Waals surface area contributed by atoms with Gasteiger partial charge in [0.2, 0.25) is 0 Å². The van der Waals surface area contributed by atoms with Gasteiger partial charge < -0.3 is 14.2 Å². The Balaban J connectivity index is 2.30. The van der Waals surface area contributed by atoms with Crippen molar-refractivity contribution in [1.29, 1.82) is 0 Å². The first kappa shape index (κ1) is 15.7. The van der Waals surface area contributed by atoms with Gasteiger partial charge in [-0.1, -0.05) is 0 Å². The van der Waals surface area contributed by atoms with Gasteiger partial charge in [0, 0.05) is 17.6 Å². The van der Waals surface area contributed by atoms with E-state index in [1.165, 1.54) is 31.1 Å². The molecule has 0 spiro atoms. The summed E-state index contributed by atoms with van der Waals surface area (Å²) >= 11 is 0. The minimum Gasteiger partial charge on any atom is -0.493 e. The van der Waals surface area contributed by atoms with E-state index < -0.39 is 11.5 Å². The van der Waals surface area contributed by atoms with Gasteiger partial charge in [-0.3, -0.25) is 4.79 Å². The van der Waals surface area contributed by atoms with Crippen LogP contribution in [0.25, 0.3) is 16.6 Å². The van der Waals surface area contributed by atoms with Crippen LogP contribution in [0.4, 0.5) is 0 Å². The van der Waals surface area contributed by atoms with Crippen LogP contribution in [0.15, 0.2) is 29.5 Å². The number of rotatable bonds is 4. The van der Waals surface area contributed by atoms with Crippen molar-refractivity contribution in [2.75, 3.05) is 20.8 Å². The summed E-state index contributed by atoms with van der Waals surface area (Å²) < 4.78 is 16.6. The zero-order chi connectivity index (χ0) is 17.3. The summed E-state index contributed by atoms with van der Waals surface area (Å²) in [5, 5.41) is 0.600. The number of ether oxygens (including phenoxy) is 3. The molecule has 1 aromatic carbocycles. The predicted molar refractivity (Wildman–Crippen MR) is 85.8 cm³/mol. The van der Waals surface area contributed by atoms with Crippen molar-refractivity contribution >= 4 is 22.5 Å². The van der Waals surface area contributed by atoms with Crippen molar-refractivity contribution < 1.29 is 19.0 Å². The lowest BCUT2D eigenvalue weighted by Crippen LogP contribution is -2.24. The third kappa shape index (κ3) is 2.41. The van der Waals surface area contributed by atoms with E-state index in [1.807, 2.05) is 0 Å². The molecule has 0 aliphatic heterocycles. The van der Waals surface area contributed by atoms with Gasteiger partial charge in [-0.05, 0) is 13.0 Å². The molecule has 0 N–H and O–H groups in total. The summed E-state index contributed by atoms with van der Waals surface area (Å²) in [5.74, 6) is 0.299. The number of methoxy groups -OCH3 is 2. The highest BCUT2D eigenvalue weighted by Gasteiger charge is 2.17. The topological polar surface area (TPSA) is 92.0 Å². The van der Waals surface area contributed by atoms with Crippen LogP contribution in [0.1, 0.15) is 17.3 Å². The van der Waals surface area contributed by atoms with E-state index in [0.29, 0.717) is 28.0 Å². The molecule has 3 rings (SSSR count). The van der Waals surface area contributed by atoms with Crippen LogP contribution in [0, 0.1) is 0 Å². The molecule has 0 saturated heterocycles. The highest BCUT2D eigenvalue weighted by Crippen LogP contribution is 2.32. The maximum atomic E-state index is 12.5. The molecule has 0 amide bonds. The van der Waals surface area contributed by atoms with Crippen LogP contribution in [0.5, 0.6) is 11.5 Å². The van der Waals surface area contributed by atoms with E-state index in [0.717, 1.165) is 0 Å². The fraction of sp³-hybridized carbons (Fsp3) is 0.250. The molecule has 0 unspecified atom stereocenters. The van der Waals surface area contributed by atoms with Crippen molar-refractivity contribution in [2.24, 2.45) is 0 Å². The van der Waals surface area contributed by atoms with Crippen LogP contribution < -0.4 is 15.0 Å². The molecule has 0 radical (unpaired) electrons. The standard InChI is InChI=1S/C16H15N3O5/c1-4-24-16(21)10-7-17-14-9-5-12(22-2)13(23-3)6-11(9)18-8-19(14)15(10)20/h5-8H,4H2,1-3H3. The number of esters is 1. The molecule has 24 heavy (non-hydrogen) atoms. The SMILES string of the molecule is CCOC(=O)c1cnc2c3cc(OC)c(OC)cc3ncn2c1=O. The molecule has 8 nitrogen and oxygen atoms in total. The minimum atomic E-state index is -0.711. The summed E-state index contributed by atoms with van der Waals surface area (Å²) in [6, 6.07) is 3.38. The summed E-state index contributed by atoms with van der Waals surface area (Å²) in [6.07, 6.45) is 2.54. The van der Waals surface area contributed by atoms with Gasteiger partial charge in [-0.15, -0.1) is 0 Å². The average Bonchev–Trinajstić information content (AvgIpc) is 2.60. The lowest BCUT2D eigenvalue weighted by molar-refractivity contribution is 0.0523. The Hall–Kier alpha value is -3.16. The third-order valence-electron chi connectivity index (χ3n) is 3.54. The Morgan fingerprint density at radius 2 is 1.88 bits per heavy atom. The molecule has 0 fully saturated rings. The van der Waals surface area contributed by atoms with Crippen molar-refractivity contribution in [1.82, 2.24) is 14.4 Å². The minimum absolute atomic E-state index is 0.143. The smallest absolute Gasteiger partial charge is 0.345 e. The number of hydrogen-bond donors (Lipinski definition) is 0. The van der Waals surface area contributed by atoms with Gasteiger partial charge in [0.25, 0.3) is 5.56 Å². The van der Waals surface area contributed by atoms with Gasteiger partial charge in [-0.2, -0.15) is 0 Å². The monoisotopic (exact) mass is 329 g/mol. The lowest BCUT2D eigenvalue weighted by Gasteiger charge is -2.10. The van der Waals surface area contributed by atoms with Crippen LogP contribution in [-0.2, 0) is 4.74 Å². The molecule has 8 heteroatoms. The largest absolute Gasteiger partial charge is 0.493 e. The molecule has 124 valence electrons. The predicted octanol–water partition coefficient (Wildman–Crippen LogP) is 1.44. The second-order valence-electron chi connectivity index (χ2n) is 4.86. The van der Waals surface area contributed by atoms with Crippen molar-refractivity contribution in [2.45, 2.75) is 6.92 Å². The highest BCUT2D eigenvalue weighted by atomic mass is 16.5. The first-order chi connectivity index (χ1) is 11.6. The van der Waals surface area contributed by atoms with Gasteiger partial charge in [0.15, 0.2) is 11.5 Å². The van der Waals surface area contributed by atoms with Gasteiger partial charge >= 0.3 is 5.97 Å². The molecule has 2 heterocycles. The molecule has 0 aliphatic rings. The van der Waals surface area contributed by atoms with E-state index in [1.54, 1.807) is 19.1 Å². The zero-order valence-corrected chi connectivity index (χ0v) is 13.4. The Kier molecular flexibility index (Phi) is 4.03. The van der Waals surface area contributed by atoms with Crippen molar-refractivity contribution in [3.05, 3.63) is 40.6 Å². The lowest BCUT2D eigenvalue weighted by atomic mass is 10.2. The Morgan fingerprint density at radius 1 is 1.17 bits per heavy atom. The number of nitrogens with zero attached hydrogens (tertiary/aromatic N) is 3. The molecule has 0 bridgehead atoms. The van der Waals surface area contributed by atoms with E-state index in [-0.39, 0.29) is 12.2 Å². The Labute approximate surface area is 136 Å². The van der Waals surface area contributed by atoms with E-state index in [4.69, 9.17) is 14.2 Å². The van der Waals surface area contributed by atoms with E-state index in [9.17, 15) is 9.59 Å². The van der Waals surface area contributed by atoms with Crippen molar-refractivity contribution in [3.8, 4) is 11.5 Å². The number of carbonyl (C=O) groups is 1. The number of hydrogen-bond acceptors (Lipinski definition) is 7. The van der Waals surface area contributed by atoms with Crippen LogP contribution in [-0.4, -0.2) is 41.2 Å². The molecular formula is C16H15N3O5. The van der Waals surface area contributed by atoms with Gasteiger partial charge in [0.1, 0.15) is 17.5 Å². The quantitative estimate of drug-likeness (QED) is 0.528. The maximum Gasteiger partial charge on any atom is 0.345 e. The molecular weight excluding hydrogens is 314 g/mol. The number of benzene rings is 1. The second kappa shape index (κ2) is 6.15. The normalized spacial score (nSPS) is 10.8. The average molecular weight is 329 g/mol. The summed E-state index contributed by atoms with van der Waals surface area (Å²) in [6.45, 7) is 1.84. The molecule has 0 atom stereocenters.